The average Bonchev–Trinajstić information content (AvgIpc) is 2.79. The van der Waals surface area contributed by atoms with Gasteiger partial charge in [0, 0.05) is 22.9 Å². The fourth-order valence-electron chi connectivity index (χ4n) is 2.95. The summed E-state index contributed by atoms with van der Waals surface area (Å²) in [6.07, 6.45) is 2.60. The van der Waals surface area contributed by atoms with E-state index in [1.807, 2.05) is 13.8 Å². The van der Waals surface area contributed by atoms with Crippen LogP contribution in [0.1, 0.15) is 20.3 Å². The van der Waals surface area contributed by atoms with E-state index >= 15 is 0 Å². The molecule has 1 aromatic heterocycles. The maximum absolute atomic E-state index is 14.2. The van der Waals surface area contributed by atoms with Crippen molar-refractivity contribution in [2.75, 3.05) is 32.2 Å². The fraction of sp³-hybridized carbons (Fsp3) is 0.348. The first-order valence-electron chi connectivity index (χ1n) is 10.4. The number of carbonyl (C=O) groups is 1. The molecule has 0 aliphatic rings. The molecule has 33 heavy (non-hydrogen) atoms. The van der Waals surface area contributed by atoms with Crippen molar-refractivity contribution in [3.05, 3.63) is 47.5 Å². The number of hydrogen-bond donors (Lipinski definition) is 1. The van der Waals surface area contributed by atoms with E-state index < -0.39 is 5.82 Å². The van der Waals surface area contributed by atoms with E-state index in [9.17, 15) is 9.18 Å². The number of nitrogens with zero attached hydrogens (tertiary/aromatic N) is 3. The van der Waals surface area contributed by atoms with E-state index in [0.29, 0.717) is 71.7 Å². The lowest BCUT2D eigenvalue weighted by Gasteiger charge is -2.18. The average molecular weight is 477 g/mol. The summed E-state index contributed by atoms with van der Waals surface area (Å²) >= 11 is 5.83. The highest BCUT2D eigenvalue weighted by atomic mass is 35.5. The molecular formula is C23H26ClFN4O4. The number of anilines is 2. The van der Waals surface area contributed by atoms with Crippen LogP contribution in [0, 0.1) is 11.7 Å². The topological polar surface area (TPSA) is 85.8 Å². The molecule has 0 unspecified atom stereocenters. The van der Waals surface area contributed by atoms with Crippen LogP contribution in [0.4, 0.5) is 15.9 Å². The molecule has 3 rings (SSSR count). The first-order valence-corrected chi connectivity index (χ1v) is 10.8. The third kappa shape index (κ3) is 6.66. The Morgan fingerprint density at radius 1 is 1.21 bits per heavy atom. The summed E-state index contributed by atoms with van der Waals surface area (Å²) in [5, 5.41) is 5.17. The Morgan fingerprint density at radius 3 is 2.73 bits per heavy atom. The largest absolute Gasteiger partial charge is 0.493 e. The van der Waals surface area contributed by atoms with Crippen LogP contribution in [0.25, 0.3) is 10.9 Å². The molecule has 0 aliphatic heterocycles. The number of hydroxylamine groups is 2. The number of fused-ring (bicyclic) bond motifs is 1. The van der Waals surface area contributed by atoms with Crippen LogP contribution in [-0.4, -0.2) is 48.3 Å². The second-order valence-corrected chi connectivity index (χ2v) is 8.07. The Kier molecular flexibility index (Phi) is 8.62. The maximum Gasteiger partial charge on any atom is 0.233 e. The second kappa shape index (κ2) is 11.6. The predicted molar refractivity (Wildman–Crippen MR) is 124 cm³/mol. The summed E-state index contributed by atoms with van der Waals surface area (Å²) in [4.78, 5) is 25.1. The summed E-state index contributed by atoms with van der Waals surface area (Å²) in [6.45, 7) is 5.22. The number of amides is 1. The Labute approximate surface area is 196 Å². The van der Waals surface area contributed by atoms with Crippen molar-refractivity contribution in [2.45, 2.75) is 20.3 Å². The fourth-order valence-corrected chi connectivity index (χ4v) is 3.11. The zero-order valence-corrected chi connectivity index (χ0v) is 19.4. The number of benzene rings is 2. The van der Waals surface area contributed by atoms with Gasteiger partial charge >= 0.3 is 0 Å². The summed E-state index contributed by atoms with van der Waals surface area (Å²) < 4.78 is 25.6. The van der Waals surface area contributed by atoms with Gasteiger partial charge in [-0.2, -0.15) is 0 Å². The van der Waals surface area contributed by atoms with Gasteiger partial charge in [0.15, 0.2) is 11.5 Å². The summed E-state index contributed by atoms with van der Waals surface area (Å²) in [5.41, 5.74) is 0.825. The molecule has 0 atom stereocenters. The number of nitrogens with one attached hydrogen (secondary N) is 1. The number of halogens is 2. The zero-order chi connectivity index (χ0) is 23.8. The normalized spacial score (nSPS) is 11.0. The molecule has 0 saturated heterocycles. The van der Waals surface area contributed by atoms with E-state index in [1.165, 1.54) is 30.6 Å². The molecule has 0 fully saturated rings. The van der Waals surface area contributed by atoms with Crippen LogP contribution in [0.2, 0.25) is 5.02 Å². The maximum atomic E-state index is 14.2. The monoisotopic (exact) mass is 476 g/mol. The van der Waals surface area contributed by atoms with Crippen LogP contribution >= 0.6 is 11.6 Å². The predicted octanol–water partition coefficient (Wildman–Crippen LogP) is 4.99. The molecule has 0 radical (unpaired) electrons. The Hall–Kier alpha value is -3.17. The summed E-state index contributed by atoms with van der Waals surface area (Å²) in [5.74, 6) is 1.20. The first-order chi connectivity index (χ1) is 15.9. The quantitative estimate of drug-likeness (QED) is 0.224. The molecule has 176 valence electrons. The van der Waals surface area contributed by atoms with E-state index in [0.717, 1.165) is 0 Å². The van der Waals surface area contributed by atoms with Gasteiger partial charge < -0.3 is 14.8 Å². The van der Waals surface area contributed by atoms with Crippen molar-refractivity contribution in [3.63, 3.8) is 0 Å². The zero-order valence-electron chi connectivity index (χ0n) is 18.7. The highest BCUT2D eigenvalue weighted by molar-refractivity contribution is 6.30. The third-order valence-corrected chi connectivity index (χ3v) is 4.81. The standard InChI is InChI=1S/C23H26ClFN4O4/c1-15(2)12-33-29(14-30)7-4-8-32-22-11-20-17(10-21(22)31-3)23(27-13-26-20)28-19-6-5-16(24)9-18(19)25/h5-6,9-11,13-15H,4,7-8,12H2,1-3H3,(H,26,27,28). The number of carbonyl (C=O) groups excluding carboxylic acids is 1. The minimum atomic E-state index is -0.497. The van der Waals surface area contributed by atoms with E-state index in [1.54, 1.807) is 18.2 Å². The molecule has 0 aliphatic carbocycles. The van der Waals surface area contributed by atoms with E-state index in [-0.39, 0.29) is 5.69 Å². The highest BCUT2D eigenvalue weighted by Crippen LogP contribution is 2.35. The van der Waals surface area contributed by atoms with E-state index in [2.05, 4.69) is 15.3 Å². The van der Waals surface area contributed by atoms with Crippen molar-refractivity contribution >= 4 is 40.4 Å². The lowest BCUT2D eigenvalue weighted by molar-refractivity contribution is -0.176. The van der Waals surface area contributed by atoms with Gasteiger partial charge in [-0.05, 0) is 30.2 Å². The minimum Gasteiger partial charge on any atom is -0.493 e. The number of ether oxygens (including phenoxy) is 2. The van der Waals surface area contributed by atoms with Crippen molar-refractivity contribution in [1.29, 1.82) is 0 Å². The van der Waals surface area contributed by atoms with Gasteiger partial charge in [0.2, 0.25) is 6.41 Å². The SMILES string of the molecule is COc1cc2c(Nc3ccc(Cl)cc3F)ncnc2cc1OCCCN(C=O)OCC(C)C. The third-order valence-electron chi connectivity index (χ3n) is 4.58. The van der Waals surface area contributed by atoms with Crippen LogP contribution < -0.4 is 14.8 Å². The molecule has 3 aromatic rings. The highest BCUT2D eigenvalue weighted by Gasteiger charge is 2.13. The summed E-state index contributed by atoms with van der Waals surface area (Å²) in [7, 11) is 1.53. The Morgan fingerprint density at radius 2 is 2.03 bits per heavy atom. The molecule has 2 aromatic carbocycles. The van der Waals surface area contributed by atoms with Crippen molar-refractivity contribution < 1.29 is 23.5 Å². The van der Waals surface area contributed by atoms with Crippen LogP contribution in [0.5, 0.6) is 11.5 Å². The van der Waals surface area contributed by atoms with Gasteiger partial charge in [0.1, 0.15) is 18.0 Å². The van der Waals surface area contributed by atoms with Gasteiger partial charge in [-0.15, -0.1) is 0 Å². The Bertz CT molecular complexity index is 1100. The van der Waals surface area contributed by atoms with Crippen molar-refractivity contribution in [3.8, 4) is 11.5 Å². The molecule has 0 saturated carbocycles. The lowest BCUT2D eigenvalue weighted by atomic mass is 10.2. The van der Waals surface area contributed by atoms with E-state index in [4.69, 9.17) is 25.9 Å². The smallest absolute Gasteiger partial charge is 0.233 e. The Balaban J connectivity index is 1.72. The molecule has 1 amide bonds. The molecule has 0 bridgehead atoms. The van der Waals surface area contributed by atoms with Gasteiger partial charge in [-0.25, -0.2) is 19.4 Å². The molecule has 1 N–H and O–H groups in total. The van der Waals surface area contributed by atoms with Crippen molar-refractivity contribution in [1.82, 2.24) is 15.0 Å². The van der Waals surface area contributed by atoms with Gasteiger partial charge in [0.25, 0.3) is 0 Å². The molecule has 8 nitrogen and oxygen atoms in total. The van der Waals surface area contributed by atoms with Gasteiger partial charge in [-0.1, -0.05) is 25.4 Å². The number of hydrogen-bond acceptors (Lipinski definition) is 7. The van der Waals surface area contributed by atoms with Crippen LogP contribution in [-0.2, 0) is 9.63 Å². The second-order valence-electron chi connectivity index (χ2n) is 7.63. The number of rotatable bonds is 12. The molecule has 10 heteroatoms. The molecule has 1 heterocycles. The number of methoxy groups -OCH3 is 1. The summed E-state index contributed by atoms with van der Waals surface area (Å²) in [6, 6.07) is 7.80. The lowest BCUT2D eigenvalue weighted by Crippen LogP contribution is -2.26. The van der Waals surface area contributed by atoms with Gasteiger partial charge in [-0.3, -0.25) is 9.63 Å². The van der Waals surface area contributed by atoms with Gasteiger partial charge in [0.05, 0.1) is 38.1 Å². The minimum absolute atomic E-state index is 0.234. The van der Waals surface area contributed by atoms with Crippen molar-refractivity contribution in [2.24, 2.45) is 5.92 Å². The van der Waals surface area contributed by atoms with Crippen LogP contribution in [0.3, 0.4) is 0 Å². The molecular weight excluding hydrogens is 451 g/mol. The molecule has 0 spiro atoms. The first kappa shape index (κ1) is 24.5. The van der Waals surface area contributed by atoms with Crippen LogP contribution in [0.15, 0.2) is 36.7 Å². The number of aromatic nitrogens is 2.